The van der Waals surface area contributed by atoms with E-state index < -0.39 is 27.3 Å². The Bertz CT molecular complexity index is 1730. The number of hydrogen-bond acceptors (Lipinski definition) is 7. The number of ether oxygens (including phenoxy) is 1. The van der Waals surface area contributed by atoms with E-state index in [9.17, 15) is 23.1 Å². The summed E-state index contributed by atoms with van der Waals surface area (Å²) in [6, 6.07) is 0.367. The SMILES string of the molecule is CC(CN[C@]12CC[C@@H](C3(C)CC3)[C@@H]1[C@H]1CC[C@@H]3[C@@]4(C)CC[C@H](OC(=O)[C@H]5C[C@@H](C(=O)O)C5(C)C)C(C)(C)[C@@H]4CC[C@@]3(C)[C@]1(C)CC2)N1CCN(S(=O)(=O)C(C)C)CC1. The Labute approximate surface area is 352 Å². The van der Waals surface area contributed by atoms with Crippen molar-refractivity contribution in [3.8, 4) is 0 Å². The molecule has 8 rings (SSSR count). The average Bonchev–Trinajstić information content (AvgIpc) is 3.77. The van der Waals surface area contributed by atoms with Crippen molar-refractivity contribution in [2.45, 2.75) is 183 Å². The highest BCUT2D eigenvalue weighted by atomic mass is 32.2. The molecule has 58 heavy (non-hydrogen) atoms. The van der Waals surface area contributed by atoms with E-state index in [-0.39, 0.29) is 50.4 Å². The van der Waals surface area contributed by atoms with Gasteiger partial charge >= 0.3 is 11.9 Å². The van der Waals surface area contributed by atoms with Crippen molar-refractivity contribution in [3.05, 3.63) is 0 Å². The molecule has 2 N–H and O–H groups in total. The largest absolute Gasteiger partial charge is 0.481 e. The molecule has 0 aromatic carbocycles. The van der Waals surface area contributed by atoms with E-state index in [4.69, 9.17) is 4.74 Å². The summed E-state index contributed by atoms with van der Waals surface area (Å²) in [7, 11) is -3.21. The zero-order chi connectivity index (χ0) is 42.2. The van der Waals surface area contributed by atoms with Crippen LogP contribution in [0.4, 0.5) is 0 Å². The predicted octanol–water partition coefficient (Wildman–Crippen LogP) is 8.61. The lowest BCUT2D eigenvalue weighted by molar-refractivity contribution is -0.249. The maximum absolute atomic E-state index is 13.7. The van der Waals surface area contributed by atoms with Crippen molar-refractivity contribution in [1.29, 1.82) is 0 Å². The molecule has 0 bridgehead atoms. The maximum atomic E-state index is 13.7. The summed E-state index contributed by atoms with van der Waals surface area (Å²) in [6.45, 7) is 29.0. The van der Waals surface area contributed by atoms with Gasteiger partial charge in [-0.3, -0.25) is 14.5 Å². The van der Waals surface area contributed by atoms with Crippen molar-refractivity contribution in [3.63, 3.8) is 0 Å². The smallest absolute Gasteiger partial charge is 0.309 e. The summed E-state index contributed by atoms with van der Waals surface area (Å²) in [6.07, 6.45) is 15.2. The van der Waals surface area contributed by atoms with Gasteiger partial charge in [0.2, 0.25) is 10.0 Å². The number of carbonyl (C=O) groups excluding carboxylic acids is 1. The van der Waals surface area contributed by atoms with Gasteiger partial charge in [-0.05, 0) is 161 Å². The normalized spacial score (nSPS) is 46.1. The van der Waals surface area contributed by atoms with Crippen LogP contribution < -0.4 is 5.32 Å². The Morgan fingerprint density at radius 3 is 2.00 bits per heavy atom. The lowest BCUT2D eigenvalue weighted by Crippen LogP contribution is -2.69. The number of piperazine rings is 1. The number of nitrogens with one attached hydrogen (secondary N) is 1. The Morgan fingerprint density at radius 1 is 0.724 bits per heavy atom. The van der Waals surface area contributed by atoms with Gasteiger partial charge in [-0.15, -0.1) is 0 Å². The highest BCUT2D eigenvalue weighted by Crippen LogP contribution is 2.78. The summed E-state index contributed by atoms with van der Waals surface area (Å²) in [5.74, 6) is 1.51. The highest BCUT2D eigenvalue weighted by Gasteiger charge is 2.72. The number of nitrogens with zero attached hydrogens (tertiary/aromatic N) is 2. The van der Waals surface area contributed by atoms with E-state index in [2.05, 4.69) is 58.7 Å². The number of aliphatic carboxylic acids is 1. The van der Waals surface area contributed by atoms with Crippen molar-refractivity contribution < 1.29 is 27.9 Å². The van der Waals surface area contributed by atoms with Crippen LogP contribution in [0.15, 0.2) is 0 Å². The molecule has 1 unspecified atom stereocenters. The molecule has 9 nitrogen and oxygen atoms in total. The van der Waals surface area contributed by atoms with Gasteiger partial charge in [0, 0.05) is 49.7 Å². The predicted molar refractivity (Wildman–Crippen MR) is 229 cm³/mol. The molecule has 330 valence electrons. The zero-order valence-electron chi connectivity index (χ0n) is 38.3. The van der Waals surface area contributed by atoms with Crippen molar-refractivity contribution in [2.24, 2.45) is 73.9 Å². The minimum absolute atomic E-state index is 0.131. The Morgan fingerprint density at radius 2 is 1.40 bits per heavy atom. The van der Waals surface area contributed by atoms with Gasteiger partial charge in [0.05, 0.1) is 17.1 Å². The molecule has 7 saturated carbocycles. The number of carboxylic acids is 1. The molecule has 1 saturated heterocycles. The third kappa shape index (κ3) is 6.28. The first-order valence-electron chi connectivity index (χ1n) is 23.8. The molecule has 0 spiro atoms. The van der Waals surface area contributed by atoms with E-state index in [1.54, 1.807) is 18.2 Å². The minimum Gasteiger partial charge on any atom is -0.481 e. The monoisotopic (exact) mass is 828 g/mol. The highest BCUT2D eigenvalue weighted by molar-refractivity contribution is 7.89. The van der Waals surface area contributed by atoms with E-state index in [0.717, 1.165) is 38.4 Å². The third-order valence-corrected chi connectivity index (χ3v) is 23.3. The number of esters is 1. The number of carbonyl (C=O) groups is 2. The molecule has 1 aliphatic heterocycles. The van der Waals surface area contributed by atoms with E-state index in [0.29, 0.717) is 54.6 Å². The molecular weight excluding hydrogens is 747 g/mol. The van der Waals surface area contributed by atoms with Crippen molar-refractivity contribution in [2.75, 3.05) is 32.7 Å². The van der Waals surface area contributed by atoms with E-state index in [1.807, 2.05) is 13.8 Å². The van der Waals surface area contributed by atoms with E-state index >= 15 is 0 Å². The van der Waals surface area contributed by atoms with Crippen LogP contribution in [0.5, 0.6) is 0 Å². The van der Waals surface area contributed by atoms with Crippen LogP contribution in [-0.2, 0) is 24.3 Å². The average molecular weight is 828 g/mol. The maximum Gasteiger partial charge on any atom is 0.309 e. The van der Waals surface area contributed by atoms with Crippen LogP contribution in [0.3, 0.4) is 0 Å². The summed E-state index contributed by atoms with van der Waals surface area (Å²) in [4.78, 5) is 28.0. The van der Waals surface area contributed by atoms with Crippen LogP contribution in [0.1, 0.15) is 160 Å². The molecule has 8 fully saturated rings. The molecule has 0 amide bonds. The lowest BCUT2D eigenvalue weighted by atomic mass is 9.32. The van der Waals surface area contributed by atoms with Gasteiger partial charge in [-0.1, -0.05) is 55.4 Å². The molecule has 1 heterocycles. The number of fused-ring (bicyclic) bond motifs is 7. The lowest BCUT2D eigenvalue weighted by Gasteiger charge is -2.73. The van der Waals surface area contributed by atoms with Gasteiger partial charge in [-0.25, -0.2) is 8.42 Å². The minimum atomic E-state index is -3.21. The summed E-state index contributed by atoms with van der Waals surface area (Å²) in [5.41, 5.74) is 0.684. The van der Waals surface area contributed by atoms with Crippen LogP contribution in [-0.4, -0.2) is 90.3 Å². The first kappa shape index (κ1) is 43.4. The second-order valence-electron chi connectivity index (χ2n) is 24.2. The van der Waals surface area contributed by atoms with Crippen LogP contribution >= 0.6 is 0 Å². The molecule has 8 aliphatic rings. The fraction of sp³-hybridized carbons (Fsp3) is 0.958. The molecule has 0 radical (unpaired) electrons. The molecule has 7 aliphatic carbocycles. The van der Waals surface area contributed by atoms with Crippen LogP contribution in [0.2, 0.25) is 0 Å². The fourth-order valence-corrected chi connectivity index (χ4v) is 17.8. The number of sulfonamides is 1. The topological polar surface area (TPSA) is 116 Å². The Hall–Kier alpha value is -1.23. The zero-order valence-corrected chi connectivity index (χ0v) is 39.1. The summed E-state index contributed by atoms with van der Waals surface area (Å²) in [5, 5.41) is 13.7. The number of hydrogen-bond donors (Lipinski definition) is 2. The van der Waals surface area contributed by atoms with Gasteiger partial charge < -0.3 is 15.2 Å². The number of carboxylic acid groups (broad SMARTS) is 1. The van der Waals surface area contributed by atoms with Crippen molar-refractivity contribution >= 4 is 22.0 Å². The Kier molecular flexibility index (Phi) is 10.6. The molecule has 0 aromatic rings. The van der Waals surface area contributed by atoms with Gasteiger partial charge in [-0.2, -0.15) is 4.31 Å². The molecular formula is C48H81N3O6S. The molecule has 13 atom stereocenters. The fourth-order valence-electron chi connectivity index (χ4n) is 16.6. The van der Waals surface area contributed by atoms with E-state index in [1.165, 1.54) is 64.2 Å². The standard InChI is InChI=1S/C48H81N3O6S/c1-30(2)58(55,56)51-26-24-50(25-27-51)31(3)29-49-48-19-14-32(44(8)20-21-44)39(48)33-12-13-37-45(9)17-16-38(57-41(54)35-28-34(40(52)53)42(35,4)5)43(6,7)36(45)15-18-47(37,11)46(33,10)22-23-48/h30-39,49H,12-29H2,1-11H3,(H,52,53)/t31?,32-,33-,34+,35-,36+,37-,38+,39-,45+,46-,47-,48+/m1/s1. The third-order valence-electron chi connectivity index (χ3n) is 21.0. The van der Waals surface area contributed by atoms with Gasteiger partial charge in [0.25, 0.3) is 0 Å². The first-order valence-corrected chi connectivity index (χ1v) is 25.3. The molecule has 10 heteroatoms. The van der Waals surface area contributed by atoms with Crippen LogP contribution in [0.25, 0.3) is 0 Å². The van der Waals surface area contributed by atoms with Gasteiger partial charge in [0.15, 0.2) is 0 Å². The Balaban J connectivity index is 0.983. The number of rotatable bonds is 10. The first-order chi connectivity index (χ1) is 26.9. The summed E-state index contributed by atoms with van der Waals surface area (Å²) >= 11 is 0. The van der Waals surface area contributed by atoms with Crippen molar-refractivity contribution in [1.82, 2.24) is 14.5 Å². The quantitative estimate of drug-likeness (QED) is 0.211. The molecule has 0 aromatic heterocycles. The second kappa shape index (κ2) is 14.1. The second-order valence-corrected chi connectivity index (χ2v) is 26.7. The van der Waals surface area contributed by atoms with Crippen LogP contribution in [0, 0.1) is 73.9 Å². The summed E-state index contributed by atoms with van der Waals surface area (Å²) < 4.78 is 34.0. The van der Waals surface area contributed by atoms with Gasteiger partial charge in [0.1, 0.15) is 6.10 Å².